The van der Waals surface area contributed by atoms with E-state index >= 15 is 0 Å². The van der Waals surface area contributed by atoms with E-state index in [4.69, 9.17) is 9.72 Å². The fourth-order valence-electron chi connectivity index (χ4n) is 8.91. The average molecular weight is 679 g/mol. The minimum absolute atomic E-state index is 0.000195. The number of hydrogen-bond donors (Lipinski definition) is 2. The molecule has 8 rings (SSSR count). The molecule has 4 heterocycles. The van der Waals surface area contributed by atoms with Crippen molar-refractivity contribution in [1.29, 1.82) is 5.26 Å². The molecule has 50 heavy (non-hydrogen) atoms. The van der Waals surface area contributed by atoms with Crippen molar-refractivity contribution in [3.63, 3.8) is 0 Å². The number of methoxy groups -OCH3 is 1. The number of hydrogen-bond acceptors (Lipinski definition) is 10. The fourth-order valence-corrected chi connectivity index (χ4v) is 8.91. The lowest BCUT2D eigenvalue weighted by Crippen LogP contribution is -2.52. The normalized spacial score (nSPS) is 24.3. The van der Waals surface area contributed by atoms with Crippen LogP contribution in [0.25, 0.3) is 5.69 Å². The van der Waals surface area contributed by atoms with Gasteiger partial charge in [-0.2, -0.15) is 10.2 Å². The second-order valence-corrected chi connectivity index (χ2v) is 14.9. The predicted octanol–water partition coefficient (Wildman–Crippen LogP) is 5.57. The number of nitrogens with one attached hydrogen (secondary N) is 2. The zero-order chi connectivity index (χ0) is 34.2. The van der Waals surface area contributed by atoms with Crippen molar-refractivity contribution < 1.29 is 9.53 Å². The topological polar surface area (TPSA) is 127 Å². The van der Waals surface area contributed by atoms with Crippen molar-refractivity contribution in [2.24, 2.45) is 5.92 Å². The van der Waals surface area contributed by atoms with Crippen LogP contribution in [0.15, 0.2) is 30.7 Å². The maximum absolute atomic E-state index is 13.4. The maximum Gasteiger partial charge on any atom is 0.251 e. The highest BCUT2D eigenvalue weighted by molar-refractivity contribution is 5.95. The molecule has 0 spiro atoms. The second-order valence-electron chi connectivity index (χ2n) is 14.9. The van der Waals surface area contributed by atoms with Crippen LogP contribution < -0.4 is 20.3 Å². The summed E-state index contributed by atoms with van der Waals surface area (Å²) in [5, 5.41) is 16.5. The van der Waals surface area contributed by atoms with Gasteiger partial charge in [0.2, 0.25) is 5.95 Å². The Bertz CT molecular complexity index is 1730. The Labute approximate surface area is 295 Å². The molecule has 264 valence electrons. The van der Waals surface area contributed by atoms with E-state index in [2.05, 4.69) is 48.3 Å². The van der Waals surface area contributed by atoms with E-state index < -0.39 is 0 Å². The highest BCUT2D eigenvalue weighted by atomic mass is 16.5. The number of aromatic nitrogens is 4. The van der Waals surface area contributed by atoms with E-state index in [9.17, 15) is 10.1 Å². The predicted molar refractivity (Wildman–Crippen MR) is 192 cm³/mol. The standard InChI is InChI=1S/C38H50N10O2/c1-3-32-35-31(21-39)41-24-47(35)33-22-40-38(44-36(33)48(32)29-6-4-5-7-29)43-30-15-10-26(20-34(30)50-2)37(49)42-27-11-13-28(14-12-27)46-18-16-45(17-19-46)23-25-8-9-25/h10,15,20,22,24-25,27-29,32H,3-9,11-14,16-19,23H2,1-2H3,(H,42,49)(H,40,43,44)/t27?,28?,32-/m1/s1. The first kappa shape index (κ1) is 33.0. The van der Waals surface area contributed by atoms with Crippen LogP contribution in [0.1, 0.15) is 105 Å². The van der Waals surface area contributed by atoms with E-state index in [0.717, 1.165) is 68.1 Å². The van der Waals surface area contributed by atoms with Crippen LogP contribution in [-0.4, -0.2) is 93.2 Å². The number of fused-ring (bicyclic) bond motifs is 3. The summed E-state index contributed by atoms with van der Waals surface area (Å²) in [5.74, 6) is 2.74. The minimum atomic E-state index is -0.0669. The lowest BCUT2D eigenvalue weighted by molar-refractivity contribution is 0.0694. The molecular weight excluding hydrogens is 628 g/mol. The van der Waals surface area contributed by atoms with Crippen molar-refractivity contribution in [3.05, 3.63) is 47.7 Å². The van der Waals surface area contributed by atoms with E-state index in [1.54, 1.807) is 19.5 Å². The van der Waals surface area contributed by atoms with Crippen molar-refractivity contribution >= 4 is 23.4 Å². The van der Waals surface area contributed by atoms with Gasteiger partial charge in [0.1, 0.15) is 23.8 Å². The SMILES string of the molecule is CC[C@@H]1c2c(C#N)ncn2-c2cnc(Nc3ccc(C(=O)NC4CCC(N5CCN(CC6CC6)CC5)CC4)cc3OC)nc2N1C1CCCC1. The molecule has 5 aliphatic rings. The van der Waals surface area contributed by atoms with Crippen molar-refractivity contribution in [3.8, 4) is 17.5 Å². The average Bonchev–Trinajstić information content (AvgIpc) is 3.60. The van der Waals surface area contributed by atoms with Gasteiger partial charge in [-0.3, -0.25) is 14.3 Å². The van der Waals surface area contributed by atoms with Crippen molar-refractivity contribution in [2.75, 3.05) is 50.1 Å². The molecule has 2 aromatic heterocycles. The summed E-state index contributed by atoms with van der Waals surface area (Å²) in [7, 11) is 1.62. The number of nitriles is 1. The number of ether oxygens (including phenoxy) is 1. The number of carbonyl (C=O) groups excluding carboxylic acids is 1. The number of imidazole rings is 1. The Kier molecular flexibility index (Phi) is 9.36. The second kappa shape index (κ2) is 14.2. The number of nitrogens with zero attached hydrogens (tertiary/aromatic N) is 8. The first-order chi connectivity index (χ1) is 24.5. The van der Waals surface area contributed by atoms with Crippen LogP contribution in [-0.2, 0) is 0 Å². The zero-order valence-corrected chi connectivity index (χ0v) is 29.5. The molecule has 1 aromatic carbocycles. The van der Waals surface area contributed by atoms with Crippen LogP contribution in [0.5, 0.6) is 5.75 Å². The third-order valence-corrected chi connectivity index (χ3v) is 11.8. The van der Waals surface area contributed by atoms with Gasteiger partial charge in [-0.15, -0.1) is 0 Å². The maximum atomic E-state index is 13.4. The molecule has 1 amide bonds. The summed E-state index contributed by atoms with van der Waals surface area (Å²) in [6, 6.07) is 8.96. The molecule has 4 fully saturated rings. The molecule has 2 N–H and O–H groups in total. The number of carbonyl (C=O) groups is 1. The van der Waals surface area contributed by atoms with Gasteiger partial charge in [0.25, 0.3) is 5.91 Å². The molecule has 3 saturated carbocycles. The lowest BCUT2D eigenvalue weighted by atomic mass is 9.89. The first-order valence-electron chi connectivity index (χ1n) is 18.9. The molecule has 0 bridgehead atoms. The largest absolute Gasteiger partial charge is 0.495 e. The van der Waals surface area contributed by atoms with Gasteiger partial charge in [-0.25, -0.2) is 9.97 Å². The lowest BCUT2D eigenvalue weighted by Gasteiger charge is -2.42. The molecule has 12 nitrogen and oxygen atoms in total. The van der Waals surface area contributed by atoms with E-state index in [1.807, 2.05) is 22.9 Å². The van der Waals surface area contributed by atoms with Gasteiger partial charge in [-0.05, 0) is 81.9 Å². The third kappa shape index (κ3) is 6.53. The Morgan fingerprint density at radius 1 is 1.00 bits per heavy atom. The van der Waals surface area contributed by atoms with Gasteiger partial charge in [0, 0.05) is 56.4 Å². The monoisotopic (exact) mass is 678 g/mol. The van der Waals surface area contributed by atoms with Gasteiger partial charge in [0.05, 0.1) is 30.7 Å². The van der Waals surface area contributed by atoms with Crippen LogP contribution >= 0.6 is 0 Å². The molecule has 12 heteroatoms. The third-order valence-electron chi connectivity index (χ3n) is 11.8. The molecular formula is C38H50N10O2. The van der Waals surface area contributed by atoms with E-state index in [0.29, 0.717) is 40.7 Å². The minimum Gasteiger partial charge on any atom is -0.495 e. The number of amides is 1. The van der Waals surface area contributed by atoms with Crippen molar-refractivity contribution in [1.82, 2.24) is 34.6 Å². The highest BCUT2D eigenvalue weighted by Crippen LogP contribution is 2.44. The van der Waals surface area contributed by atoms with E-state index in [1.165, 1.54) is 58.4 Å². The molecule has 3 aliphatic carbocycles. The Balaban J connectivity index is 0.928. The Morgan fingerprint density at radius 3 is 2.48 bits per heavy atom. The van der Waals surface area contributed by atoms with Gasteiger partial charge < -0.3 is 25.2 Å². The quantitative estimate of drug-likeness (QED) is 0.281. The molecule has 2 aliphatic heterocycles. The number of rotatable bonds is 10. The smallest absolute Gasteiger partial charge is 0.251 e. The molecule has 1 saturated heterocycles. The van der Waals surface area contributed by atoms with E-state index in [-0.39, 0.29) is 18.0 Å². The van der Waals surface area contributed by atoms with Gasteiger partial charge in [-0.1, -0.05) is 19.8 Å². The molecule has 0 radical (unpaired) electrons. The Hall–Kier alpha value is -4.21. The number of anilines is 3. The number of piperazine rings is 1. The summed E-state index contributed by atoms with van der Waals surface area (Å²) in [4.78, 5) is 35.3. The van der Waals surface area contributed by atoms with Gasteiger partial charge >= 0.3 is 0 Å². The zero-order valence-electron chi connectivity index (χ0n) is 29.5. The summed E-state index contributed by atoms with van der Waals surface area (Å²) in [5.41, 5.74) is 3.47. The van der Waals surface area contributed by atoms with Crippen LogP contribution in [0.3, 0.4) is 0 Å². The highest BCUT2D eigenvalue weighted by Gasteiger charge is 2.39. The summed E-state index contributed by atoms with van der Waals surface area (Å²) >= 11 is 0. The number of benzene rings is 1. The molecule has 3 aromatic rings. The Morgan fingerprint density at radius 2 is 1.78 bits per heavy atom. The van der Waals surface area contributed by atoms with Crippen molar-refractivity contribution in [2.45, 2.75) is 102 Å². The molecule has 0 unspecified atom stereocenters. The summed E-state index contributed by atoms with van der Waals surface area (Å²) in [6.07, 6.45) is 16.1. The molecule has 1 atom stereocenters. The summed E-state index contributed by atoms with van der Waals surface area (Å²) in [6.45, 7) is 8.21. The van der Waals surface area contributed by atoms with Gasteiger partial charge in [0.15, 0.2) is 11.5 Å². The first-order valence-corrected chi connectivity index (χ1v) is 18.9. The van der Waals surface area contributed by atoms with Crippen LogP contribution in [0.2, 0.25) is 0 Å². The summed E-state index contributed by atoms with van der Waals surface area (Å²) < 4.78 is 7.74. The van der Waals surface area contributed by atoms with Crippen LogP contribution in [0.4, 0.5) is 17.5 Å². The van der Waals surface area contributed by atoms with Crippen LogP contribution in [0, 0.1) is 17.2 Å². The fraction of sp³-hybridized carbons (Fsp3) is 0.605.